The summed E-state index contributed by atoms with van der Waals surface area (Å²) in [5, 5.41) is 7.46. The number of anilines is 2. The first kappa shape index (κ1) is 22.9. The number of ether oxygens (including phenoxy) is 2. The van der Waals surface area contributed by atoms with Crippen LogP contribution in [-0.4, -0.2) is 41.0 Å². The Bertz CT molecular complexity index is 1620. The molecule has 36 heavy (non-hydrogen) atoms. The molecule has 0 atom stereocenters. The van der Waals surface area contributed by atoms with Crippen molar-refractivity contribution in [3.8, 4) is 11.5 Å². The number of benzene rings is 3. The van der Waals surface area contributed by atoms with E-state index < -0.39 is 5.91 Å². The van der Waals surface area contributed by atoms with E-state index in [1.165, 1.54) is 4.68 Å². The van der Waals surface area contributed by atoms with Gasteiger partial charge in [0.15, 0.2) is 17.1 Å². The van der Waals surface area contributed by atoms with E-state index in [4.69, 9.17) is 25.2 Å². The largest absolute Gasteiger partial charge is 0.493 e. The smallest absolute Gasteiger partial charge is 0.261 e. The minimum absolute atomic E-state index is 0.114. The molecular weight excluding hydrogens is 456 g/mol. The van der Waals surface area contributed by atoms with Crippen molar-refractivity contribution in [2.75, 3.05) is 25.3 Å². The molecule has 0 aliphatic carbocycles. The van der Waals surface area contributed by atoms with E-state index in [2.05, 4.69) is 10.4 Å². The quantitative estimate of drug-likeness (QED) is 0.342. The Morgan fingerprint density at radius 3 is 2.39 bits per heavy atom. The van der Waals surface area contributed by atoms with Gasteiger partial charge >= 0.3 is 0 Å². The van der Waals surface area contributed by atoms with Crippen molar-refractivity contribution in [2.24, 2.45) is 5.10 Å². The van der Waals surface area contributed by atoms with Gasteiger partial charge in [0, 0.05) is 11.3 Å². The van der Waals surface area contributed by atoms with Crippen LogP contribution in [0.4, 0.5) is 11.5 Å². The number of nitrogens with one attached hydrogen (secondary N) is 1. The van der Waals surface area contributed by atoms with Gasteiger partial charge in [-0.1, -0.05) is 35.9 Å². The second-order valence-electron chi connectivity index (χ2n) is 8.10. The number of carbonyl (C=O) groups is 1. The monoisotopic (exact) mass is 480 g/mol. The van der Waals surface area contributed by atoms with Crippen molar-refractivity contribution in [1.29, 1.82) is 0 Å². The molecule has 0 bridgehead atoms. The van der Waals surface area contributed by atoms with Crippen LogP contribution in [-0.2, 0) is 0 Å². The summed E-state index contributed by atoms with van der Waals surface area (Å²) >= 11 is 0. The molecule has 2 aromatic heterocycles. The van der Waals surface area contributed by atoms with Gasteiger partial charge < -0.3 is 20.5 Å². The van der Waals surface area contributed by atoms with Gasteiger partial charge in [-0.3, -0.25) is 4.79 Å². The molecular formula is C27H24N6O3. The number of para-hydroxylation sites is 3. The van der Waals surface area contributed by atoms with Crippen LogP contribution in [0.2, 0.25) is 0 Å². The summed E-state index contributed by atoms with van der Waals surface area (Å²) in [6.07, 6.45) is 1.58. The fourth-order valence-electron chi connectivity index (χ4n) is 3.95. The SMILES string of the molecule is COc1cccc(/C=N\n2c(N)c(C(=O)Nc3ccc(C)cc3)c3nc4ccccc4nc32)c1OC. The Kier molecular flexibility index (Phi) is 5.95. The predicted molar refractivity (Wildman–Crippen MR) is 141 cm³/mol. The summed E-state index contributed by atoms with van der Waals surface area (Å²) in [4.78, 5) is 22.8. The van der Waals surface area contributed by atoms with Gasteiger partial charge in [-0.2, -0.15) is 9.78 Å². The van der Waals surface area contributed by atoms with E-state index in [1.54, 1.807) is 26.5 Å². The van der Waals surface area contributed by atoms with E-state index in [1.807, 2.05) is 67.6 Å². The fourth-order valence-corrected chi connectivity index (χ4v) is 3.95. The van der Waals surface area contributed by atoms with Gasteiger partial charge in [0.25, 0.3) is 5.91 Å². The average molecular weight is 481 g/mol. The Hall–Kier alpha value is -4.92. The third kappa shape index (κ3) is 4.07. The van der Waals surface area contributed by atoms with Gasteiger partial charge in [-0.25, -0.2) is 9.97 Å². The fraction of sp³-hybridized carbons (Fsp3) is 0.111. The Morgan fingerprint density at radius 2 is 1.69 bits per heavy atom. The average Bonchev–Trinajstić information content (AvgIpc) is 3.16. The zero-order valence-corrected chi connectivity index (χ0v) is 20.0. The van der Waals surface area contributed by atoms with Gasteiger partial charge in [0.05, 0.1) is 31.5 Å². The Balaban J connectivity index is 1.66. The number of hydrogen-bond donors (Lipinski definition) is 2. The third-order valence-electron chi connectivity index (χ3n) is 5.76. The highest BCUT2D eigenvalue weighted by molar-refractivity contribution is 6.16. The number of methoxy groups -OCH3 is 2. The number of nitrogen functional groups attached to an aromatic ring is 1. The Labute approximate surface area is 207 Å². The molecule has 9 nitrogen and oxygen atoms in total. The van der Waals surface area contributed by atoms with Crippen LogP contribution in [0.25, 0.3) is 22.2 Å². The summed E-state index contributed by atoms with van der Waals surface area (Å²) in [5.41, 5.74) is 11.1. The lowest BCUT2D eigenvalue weighted by atomic mass is 10.2. The van der Waals surface area contributed by atoms with Crippen LogP contribution in [0.5, 0.6) is 11.5 Å². The van der Waals surface area contributed by atoms with Crippen molar-refractivity contribution >= 4 is 45.8 Å². The van der Waals surface area contributed by atoms with Crippen LogP contribution in [0.3, 0.4) is 0 Å². The van der Waals surface area contributed by atoms with Crippen LogP contribution >= 0.6 is 0 Å². The lowest BCUT2D eigenvalue weighted by Gasteiger charge is -2.09. The maximum absolute atomic E-state index is 13.4. The van der Waals surface area contributed by atoms with Crippen molar-refractivity contribution < 1.29 is 14.3 Å². The number of rotatable bonds is 6. The number of fused-ring (bicyclic) bond motifs is 2. The van der Waals surface area contributed by atoms with E-state index in [0.717, 1.165) is 5.56 Å². The number of hydrogen-bond acceptors (Lipinski definition) is 7. The maximum atomic E-state index is 13.4. The summed E-state index contributed by atoms with van der Waals surface area (Å²) in [5.74, 6) is 0.797. The van der Waals surface area contributed by atoms with Gasteiger partial charge in [-0.05, 0) is 43.3 Å². The summed E-state index contributed by atoms with van der Waals surface area (Å²) in [6.45, 7) is 1.98. The number of carbonyl (C=O) groups excluding carboxylic acids is 1. The zero-order valence-electron chi connectivity index (χ0n) is 20.0. The lowest BCUT2D eigenvalue weighted by Crippen LogP contribution is -2.14. The van der Waals surface area contributed by atoms with Crippen LogP contribution in [0, 0.1) is 6.92 Å². The number of amides is 1. The molecule has 0 aliphatic rings. The second kappa shape index (κ2) is 9.38. The first-order chi connectivity index (χ1) is 17.5. The number of nitrogens with zero attached hydrogens (tertiary/aromatic N) is 4. The molecule has 0 saturated heterocycles. The topological polar surface area (TPSA) is 117 Å². The van der Waals surface area contributed by atoms with Crippen molar-refractivity contribution in [1.82, 2.24) is 14.6 Å². The van der Waals surface area contributed by atoms with Crippen LogP contribution in [0.1, 0.15) is 21.5 Å². The van der Waals surface area contributed by atoms with Gasteiger partial charge in [0.2, 0.25) is 0 Å². The molecule has 180 valence electrons. The number of aromatic nitrogens is 3. The molecule has 9 heteroatoms. The van der Waals surface area contributed by atoms with E-state index in [0.29, 0.717) is 44.9 Å². The first-order valence-corrected chi connectivity index (χ1v) is 11.2. The predicted octanol–water partition coefficient (Wildman–Crippen LogP) is 4.63. The molecule has 0 fully saturated rings. The van der Waals surface area contributed by atoms with Gasteiger partial charge in [-0.15, -0.1) is 0 Å². The number of nitrogens with two attached hydrogens (primary N) is 1. The molecule has 2 heterocycles. The second-order valence-corrected chi connectivity index (χ2v) is 8.10. The third-order valence-corrected chi connectivity index (χ3v) is 5.76. The molecule has 5 aromatic rings. The van der Waals surface area contributed by atoms with Gasteiger partial charge in [0.1, 0.15) is 16.9 Å². The normalized spacial score (nSPS) is 11.3. The van der Waals surface area contributed by atoms with E-state index in [-0.39, 0.29) is 11.4 Å². The van der Waals surface area contributed by atoms with Crippen molar-refractivity contribution in [2.45, 2.75) is 6.92 Å². The van der Waals surface area contributed by atoms with E-state index in [9.17, 15) is 4.79 Å². The highest BCUT2D eigenvalue weighted by atomic mass is 16.5. The summed E-state index contributed by atoms with van der Waals surface area (Å²) < 4.78 is 12.3. The minimum Gasteiger partial charge on any atom is -0.493 e. The molecule has 1 amide bonds. The van der Waals surface area contributed by atoms with E-state index >= 15 is 0 Å². The molecule has 0 aliphatic heterocycles. The zero-order chi connectivity index (χ0) is 25.2. The maximum Gasteiger partial charge on any atom is 0.261 e. The molecule has 0 spiro atoms. The highest BCUT2D eigenvalue weighted by Gasteiger charge is 2.24. The highest BCUT2D eigenvalue weighted by Crippen LogP contribution is 2.31. The lowest BCUT2D eigenvalue weighted by molar-refractivity contribution is 0.102. The minimum atomic E-state index is -0.404. The van der Waals surface area contributed by atoms with Crippen molar-refractivity contribution in [3.63, 3.8) is 0 Å². The molecule has 0 saturated carbocycles. The van der Waals surface area contributed by atoms with Crippen molar-refractivity contribution in [3.05, 3.63) is 83.4 Å². The molecule has 3 N–H and O–H groups in total. The molecule has 0 radical (unpaired) electrons. The summed E-state index contributed by atoms with van der Waals surface area (Å²) in [6, 6.07) is 20.4. The summed E-state index contributed by atoms with van der Waals surface area (Å²) in [7, 11) is 3.12. The van der Waals surface area contributed by atoms with Crippen LogP contribution in [0.15, 0.2) is 71.8 Å². The van der Waals surface area contributed by atoms with Crippen LogP contribution < -0.4 is 20.5 Å². The molecule has 0 unspecified atom stereocenters. The molecule has 5 rings (SSSR count). The standard InChI is InChI=1S/C27H24N6O3/c1-16-11-13-18(14-12-16)30-27(34)22-23-26(32-20-9-5-4-8-19(20)31-23)33(25(22)28)29-15-17-7-6-10-21(35-2)24(17)36-3/h4-15H,28H2,1-3H3,(H,30,34)/b29-15-. The Morgan fingerprint density at radius 1 is 0.972 bits per heavy atom. The molecule has 3 aromatic carbocycles. The number of aryl methyl sites for hydroxylation is 1. The first-order valence-electron chi connectivity index (χ1n) is 11.2.